The molecule has 0 aromatic heterocycles. The number of hydrogen-bond donors (Lipinski definition) is 3. The lowest BCUT2D eigenvalue weighted by atomic mass is 10.0. The Morgan fingerprint density at radius 1 is 1.00 bits per heavy atom. The van der Waals surface area contributed by atoms with E-state index in [1.807, 2.05) is 50.4 Å². The summed E-state index contributed by atoms with van der Waals surface area (Å²) in [5.74, 6) is -0.659. The van der Waals surface area contributed by atoms with Crippen molar-refractivity contribution < 1.29 is 23.9 Å². The first-order chi connectivity index (χ1) is 16.0. The minimum atomic E-state index is -0.916. The summed E-state index contributed by atoms with van der Waals surface area (Å²) in [6, 6.07) is 6.83. The van der Waals surface area contributed by atoms with E-state index in [-0.39, 0.29) is 12.3 Å². The molecule has 0 aliphatic heterocycles. The summed E-state index contributed by atoms with van der Waals surface area (Å²) in [5, 5.41) is 8.08. The second-order valence-electron chi connectivity index (χ2n) is 9.59. The number of nitrogens with one attached hydrogen (secondary N) is 3. The van der Waals surface area contributed by atoms with Crippen molar-refractivity contribution in [3.05, 3.63) is 35.9 Å². The van der Waals surface area contributed by atoms with Crippen LogP contribution in [0.4, 0.5) is 0 Å². The van der Waals surface area contributed by atoms with E-state index in [0.29, 0.717) is 25.0 Å². The van der Waals surface area contributed by atoms with Crippen LogP contribution in [0.3, 0.4) is 0 Å². The average Bonchev–Trinajstić information content (AvgIpc) is 2.74. The average molecular weight is 494 g/mol. The number of amides is 3. The number of benzene rings is 1. The number of hydrogen-bond acceptors (Lipinski definition) is 6. The Morgan fingerprint density at radius 2 is 1.59 bits per heavy atom. The highest BCUT2D eigenvalue weighted by Gasteiger charge is 2.31. The summed E-state index contributed by atoms with van der Waals surface area (Å²) < 4.78 is 5.54. The van der Waals surface area contributed by atoms with Crippen molar-refractivity contribution >= 4 is 36.0 Å². The first-order valence-corrected chi connectivity index (χ1v) is 12.9. The highest BCUT2D eigenvalue weighted by Crippen LogP contribution is 2.13. The van der Waals surface area contributed by atoms with Gasteiger partial charge in [-0.2, -0.15) is 11.8 Å². The molecule has 34 heavy (non-hydrogen) atoms. The summed E-state index contributed by atoms with van der Waals surface area (Å²) in [6.45, 7) is 9.18. The van der Waals surface area contributed by atoms with Crippen LogP contribution in [0.5, 0.6) is 0 Å². The number of rotatable bonds is 14. The van der Waals surface area contributed by atoms with Gasteiger partial charge >= 0.3 is 5.97 Å². The van der Waals surface area contributed by atoms with E-state index in [9.17, 15) is 19.2 Å². The van der Waals surface area contributed by atoms with Gasteiger partial charge in [-0.1, -0.05) is 44.2 Å². The summed E-state index contributed by atoms with van der Waals surface area (Å²) in [6.07, 6.45) is 3.47. The fourth-order valence-corrected chi connectivity index (χ4v) is 3.74. The number of carbonyl (C=O) groups is 4. The zero-order valence-electron chi connectivity index (χ0n) is 21.1. The van der Waals surface area contributed by atoms with Crippen molar-refractivity contribution in [2.24, 2.45) is 5.92 Å². The summed E-state index contributed by atoms with van der Waals surface area (Å²) in [4.78, 5) is 49.9. The summed E-state index contributed by atoms with van der Waals surface area (Å²) in [5.41, 5.74) is 0.156. The number of carbonyl (C=O) groups excluding carboxylic acids is 4. The summed E-state index contributed by atoms with van der Waals surface area (Å²) in [7, 11) is 0. The van der Waals surface area contributed by atoms with Crippen molar-refractivity contribution in [3.8, 4) is 0 Å². The van der Waals surface area contributed by atoms with Crippen molar-refractivity contribution in [1.29, 1.82) is 0 Å². The molecular weight excluding hydrogens is 454 g/mol. The maximum absolute atomic E-state index is 13.3. The maximum Gasteiger partial charge on any atom is 0.329 e. The van der Waals surface area contributed by atoms with Crippen LogP contribution in [0.25, 0.3) is 0 Å². The largest absolute Gasteiger partial charge is 0.458 e. The predicted molar refractivity (Wildman–Crippen MR) is 135 cm³/mol. The Bertz CT molecular complexity index is 795. The zero-order valence-corrected chi connectivity index (χ0v) is 21.9. The number of thioether (sulfide) groups is 1. The molecule has 0 saturated carbocycles. The van der Waals surface area contributed by atoms with E-state index < -0.39 is 41.5 Å². The lowest BCUT2D eigenvalue weighted by Crippen LogP contribution is -2.56. The smallest absolute Gasteiger partial charge is 0.329 e. The molecule has 0 aliphatic rings. The molecule has 1 aromatic rings. The topological polar surface area (TPSA) is 114 Å². The lowest BCUT2D eigenvalue weighted by Gasteiger charge is -2.27. The van der Waals surface area contributed by atoms with Crippen LogP contribution in [0.15, 0.2) is 30.3 Å². The van der Waals surface area contributed by atoms with E-state index in [1.54, 1.807) is 32.5 Å². The number of ether oxygens (including phenoxy) is 1. The van der Waals surface area contributed by atoms with E-state index in [4.69, 9.17) is 4.74 Å². The quantitative estimate of drug-likeness (QED) is 0.271. The van der Waals surface area contributed by atoms with E-state index in [0.717, 1.165) is 5.56 Å². The minimum Gasteiger partial charge on any atom is -0.458 e. The molecule has 1 aromatic carbocycles. The molecule has 3 N–H and O–H groups in total. The maximum atomic E-state index is 13.3. The van der Waals surface area contributed by atoms with Gasteiger partial charge in [-0.05, 0) is 57.1 Å². The van der Waals surface area contributed by atoms with Gasteiger partial charge in [0.05, 0.1) is 0 Å². The van der Waals surface area contributed by atoms with Crippen LogP contribution in [0, 0.1) is 5.92 Å². The molecule has 0 unspecified atom stereocenters. The number of esters is 1. The van der Waals surface area contributed by atoms with Crippen molar-refractivity contribution in [3.63, 3.8) is 0 Å². The molecule has 0 aliphatic carbocycles. The van der Waals surface area contributed by atoms with Crippen LogP contribution < -0.4 is 16.0 Å². The molecule has 0 fully saturated rings. The second-order valence-corrected chi connectivity index (χ2v) is 10.6. The van der Waals surface area contributed by atoms with Crippen molar-refractivity contribution in [2.45, 2.75) is 77.6 Å². The monoisotopic (exact) mass is 493 g/mol. The highest BCUT2D eigenvalue weighted by atomic mass is 32.2. The lowest BCUT2D eigenvalue weighted by molar-refractivity contribution is -0.158. The first-order valence-electron chi connectivity index (χ1n) is 11.5. The Morgan fingerprint density at radius 3 is 2.12 bits per heavy atom. The van der Waals surface area contributed by atoms with Gasteiger partial charge < -0.3 is 20.7 Å². The Labute approximate surface area is 207 Å². The van der Waals surface area contributed by atoms with E-state index in [2.05, 4.69) is 16.0 Å². The third-order valence-electron chi connectivity index (χ3n) is 4.83. The van der Waals surface area contributed by atoms with Crippen LogP contribution in [-0.4, -0.2) is 59.9 Å². The molecule has 0 radical (unpaired) electrons. The van der Waals surface area contributed by atoms with Gasteiger partial charge in [0.25, 0.3) is 0 Å². The minimum absolute atomic E-state index is 0.105. The first kappa shape index (κ1) is 29.5. The molecule has 0 bridgehead atoms. The van der Waals surface area contributed by atoms with E-state index in [1.165, 1.54) is 0 Å². The molecule has 0 spiro atoms. The fourth-order valence-electron chi connectivity index (χ4n) is 3.27. The molecule has 0 saturated heterocycles. The fraction of sp³-hybridized carbons (Fsp3) is 0.600. The Kier molecular flexibility index (Phi) is 12.7. The third kappa shape index (κ3) is 11.5. The molecule has 1 rings (SSSR count). The highest BCUT2D eigenvalue weighted by molar-refractivity contribution is 7.98. The standard InChI is InChI=1S/C25H39N3O5S/c1-17(2)14-20(27-22(30)19(26-16-29)12-13-34-6)23(31)28-21(24(32)33-25(3,4)5)15-18-10-8-7-9-11-18/h7-11,16-17,19-21H,12-15H2,1-6H3,(H,26,29)(H,27,30)(H,28,31)/t19-,20-,21-/m0/s1. The van der Waals surface area contributed by atoms with Gasteiger partial charge in [0.15, 0.2) is 0 Å². The van der Waals surface area contributed by atoms with Gasteiger partial charge in [0.2, 0.25) is 18.2 Å². The molecular formula is C25H39N3O5S. The molecule has 3 atom stereocenters. The SMILES string of the molecule is CSCC[C@H](NC=O)C(=O)N[C@@H](CC(C)C)C(=O)N[C@@H](Cc1ccccc1)C(=O)OC(C)(C)C. The molecule has 3 amide bonds. The Hall–Kier alpha value is -2.55. The second kappa shape index (κ2) is 14.7. The van der Waals surface area contributed by atoms with Gasteiger partial charge in [0.1, 0.15) is 23.7 Å². The van der Waals surface area contributed by atoms with Gasteiger partial charge in [0, 0.05) is 6.42 Å². The van der Waals surface area contributed by atoms with Gasteiger partial charge in [-0.15, -0.1) is 0 Å². The van der Waals surface area contributed by atoms with Crippen molar-refractivity contribution in [1.82, 2.24) is 16.0 Å². The molecule has 0 heterocycles. The zero-order chi connectivity index (χ0) is 25.7. The van der Waals surface area contributed by atoms with Crippen LogP contribution >= 0.6 is 11.8 Å². The third-order valence-corrected chi connectivity index (χ3v) is 5.47. The molecule has 190 valence electrons. The van der Waals surface area contributed by atoms with Crippen molar-refractivity contribution in [2.75, 3.05) is 12.0 Å². The van der Waals surface area contributed by atoms with Crippen LogP contribution in [-0.2, 0) is 30.3 Å². The summed E-state index contributed by atoms with van der Waals surface area (Å²) >= 11 is 1.56. The molecule has 9 heteroatoms. The van der Waals surface area contributed by atoms with Crippen LogP contribution in [0.1, 0.15) is 53.0 Å². The molecule has 8 nitrogen and oxygen atoms in total. The predicted octanol–water partition coefficient (Wildman–Crippen LogP) is 2.45. The Balaban J connectivity index is 3.05. The van der Waals surface area contributed by atoms with Crippen LogP contribution in [0.2, 0.25) is 0 Å². The normalized spacial score (nSPS) is 14.0. The van der Waals surface area contributed by atoms with Gasteiger partial charge in [-0.25, -0.2) is 4.79 Å². The van der Waals surface area contributed by atoms with Gasteiger partial charge in [-0.3, -0.25) is 14.4 Å². The van der Waals surface area contributed by atoms with E-state index >= 15 is 0 Å².